The van der Waals surface area contributed by atoms with Gasteiger partial charge in [0.25, 0.3) is 0 Å². The molecule has 35 heavy (non-hydrogen) atoms. The number of furan rings is 1. The number of aromatic amines is 2. The van der Waals surface area contributed by atoms with Crippen LogP contribution >= 0.6 is 0 Å². The van der Waals surface area contributed by atoms with E-state index in [-0.39, 0.29) is 0 Å². The maximum atomic E-state index is 5.28. The van der Waals surface area contributed by atoms with Gasteiger partial charge in [0.15, 0.2) is 5.65 Å². The zero-order chi connectivity index (χ0) is 23.2. The summed E-state index contributed by atoms with van der Waals surface area (Å²) in [5, 5.41) is 9.65. The molecule has 1 fully saturated rings. The molecule has 0 bridgehead atoms. The topological polar surface area (TPSA) is 99.5 Å². The molecule has 0 atom stereocenters. The molecule has 8 nitrogen and oxygen atoms in total. The molecule has 8 heteroatoms. The van der Waals surface area contributed by atoms with Crippen molar-refractivity contribution in [1.29, 1.82) is 0 Å². The van der Waals surface area contributed by atoms with Gasteiger partial charge in [-0.05, 0) is 55.8 Å². The van der Waals surface area contributed by atoms with Crippen molar-refractivity contribution in [2.24, 2.45) is 0 Å². The average Bonchev–Trinajstić information content (AvgIpc) is 3.70. The van der Waals surface area contributed by atoms with Gasteiger partial charge in [-0.15, -0.1) is 0 Å². The van der Waals surface area contributed by atoms with Crippen molar-refractivity contribution < 1.29 is 4.42 Å². The van der Waals surface area contributed by atoms with Crippen LogP contribution in [0.3, 0.4) is 0 Å². The normalized spacial score (nSPS) is 14.4. The predicted octanol–water partition coefficient (Wildman–Crippen LogP) is 5.42. The Morgan fingerprint density at radius 3 is 2.66 bits per heavy atom. The maximum Gasteiger partial charge on any atom is 0.181 e. The third kappa shape index (κ3) is 3.59. The lowest BCUT2D eigenvalue weighted by Crippen LogP contribution is -2.18. The minimum absolute atomic E-state index is 0.678. The molecule has 0 aliphatic carbocycles. The number of nitrogens with zero attached hydrogens (tertiary/aromatic N) is 5. The lowest BCUT2D eigenvalue weighted by atomic mass is 10.0. The van der Waals surface area contributed by atoms with E-state index in [9.17, 15) is 0 Å². The number of likely N-dealkylation sites (tertiary alicyclic amines) is 1. The highest BCUT2D eigenvalue weighted by atomic mass is 16.3. The van der Waals surface area contributed by atoms with Crippen LogP contribution in [0.1, 0.15) is 18.4 Å². The molecule has 6 aromatic heterocycles. The fraction of sp³-hybridized carbons (Fsp3) is 0.185. The minimum Gasteiger partial charge on any atom is -0.472 e. The van der Waals surface area contributed by atoms with E-state index in [0.29, 0.717) is 5.65 Å². The Hall–Kier alpha value is -4.30. The lowest BCUT2D eigenvalue weighted by Gasteiger charge is -2.14. The van der Waals surface area contributed by atoms with Crippen LogP contribution in [0.15, 0.2) is 72.2 Å². The second-order valence-corrected chi connectivity index (χ2v) is 9.10. The van der Waals surface area contributed by atoms with Crippen molar-refractivity contribution in [1.82, 2.24) is 35.0 Å². The van der Waals surface area contributed by atoms with Crippen LogP contribution < -0.4 is 0 Å². The van der Waals surface area contributed by atoms with Crippen molar-refractivity contribution >= 4 is 21.9 Å². The molecule has 0 saturated carbocycles. The molecule has 1 aliphatic heterocycles. The summed E-state index contributed by atoms with van der Waals surface area (Å²) in [5.41, 5.74) is 8.77. The summed E-state index contributed by atoms with van der Waals surface area (Å²) in [4.78, 5) is 19.5. The monoisotopic (exact) mass is 461 g/mol. The number of rotatable bonds is 5. The standard InChI is InChI=1S/C27H23N7O/c1-2-5-34(4-1)15-17-7-19(11-28-10-17)20-8-22-26(32-33-27(22)30-12-20)24-9-21-23(18-3-6-35-16-18)13-29-14-25(21)31-24/h3,6-14,16,31H,1-2,4-5,15H2,(H,30,32,33). The highest BCUT2D eigenvalue weighted by molar-refractivity contribution is 6.00. The van der Waals surface area contributed by atoms with E-state index >= 15 is 0 Å². The van der Waals surface area contributed by atoms with Crippen LogP contribution in [0.4, 0.5) is 0 Å². The van der Waals surface area contributed by atoms with Gasteiger partial charge >= 0.3 is 0 Å². The molecular formula is C27H23N7O. The summed E-state index contributed by atoms with van der Waals surface area (Å²) in [7, 11) is 0. The van der Waals surface area contributed by atoms with Gasteiger partial charge in [-0.2, -0.15) is 5.10 Å². The lowest BCUT2D eigenvalue weighted by molar-refractivity contribution is 0.331. The number of fused-ring (bicyclic) bond motifs is 2. The Labute approximate surface area is 201 Å². The van der Waals surface area contributed by atoms with E-state index < -0.39 is 0 Å². The predicted molar refractivity (Wildman–Crippen MR) is 134 cm³/mol. The molecule has 0 spiro atoms. The van der Waals surface area contributed by atoms with E-state index in [2.05, 4.69) is 53.2 Å². The van der Waals surface area contributed by atoms with Gasteiger partial charge in [0.1, 0.15) is 0 Å². The Kier molecular flexibility index (Phi) is 4.70. The number of aromatic nitrogens is 6. The van der Waals surface area contributed by atoms with Crippen molar-refractivity contribution in [3.05, 3.63) is 73.3 Å². The molecule has 0 aromatic carbocycles. The zero-order valence-corrected chi connectivity index (χ0v) is 19.0. The van der Waals surface area contributed by atoms with Crippen molar-refractivity contribution in [2.75, 3.05) is 13.1 Å². The number of pyridine rings is 3. The number of H-pyrrole nitrogens is 2. The summed E-state index contributed by atoms with van der Waals surface area (Å²) in [6.07, 6.45) is 15.4. The van der Waals surface area contributed by atoms with Crippen LogP contribution in [-0.4, -0.2) is 48.1 Å². The number of nitrogens with one attached hydrogen (secondary N) is 2. The van der Waals surface area contributed by atoms with Crippen LogP contribution in [0, 0.1) is 0 Å². The Morgan fingerprint density at radius 2 is 1.77 bits per heavy atom. The molecule has 7 rings (SSSR count). The van der Waals surface area contributed by atoms with Crippen molar-refractivity contribution in [2.45, 2.75) is 19.4 Å². The first-order chi connectivity index (χ1) is 17.3. The summed E-state index contributed by atoms with van der Waals surface area (Å²) >= 11 is 0. The molecule has 0 unspecified atom stereocenters. The molecule has 0 amide bonds. The largest absolute Gasteiger partial charge is 0.472 e. The van der Waals surface area contributed by atoms with Crippen LogP contribution in [-0.2, 0) is 6.54 Å². The van der Waals surface area contributed by atoms with Gasteiger partial charge < -0.3 is 9.40 Å². The molecule has 6 aromatic rings. The van der Waals surface area contributed by atoms with E-state index in [0.717, 1.165) is 56.5 Å². The van der Waals surface area contributed by atoms with Gasteiger partial charge in [0.05, 0.1) is 35.6 Å². The fourth-order valence-corrected chi connectivity index (χ4v) is 5.03. The first kappa shape index (κ1) is 20.1. The highest BCUT2D eigenvalue weighted by Crippen LogP contribution is 2.34. The van der Waals surface area contributed by atoms with Gasteiger partial charge in [-0.1, -0.05) is 0 Å². The third-order valence-electron chi connectivity index (χ3n) is 6.79. The molecule has 1 aliphatic rings. The first-order valence-corrected chi connectivity index (χ1v) is 11.8. The fourth-order valence-electron chi connectivity index (χ4n) is 5.03. The van der Waals surface area contributed by atoms with E-state index in [1.165, 1.54) is 31.5 Å². The van der Waals surface area contributed by atoms with E-state index in [4.69, 9.17) is 4.42 Å². The first-order valence-electron chi connectivity index (χ1n) is 11.8. The van der Waals surface area contributed by atoms with Gasteiger partial charge in [0, 0.05) is 64.4 Å². The third-order valence-corrected chi connectivity index (χ3v) is 6.79. The summed E-state index contributed by atoms with van der Waals surface area (Å²) in [5.74, 6) is 0. The molecular weight excluding hydrogens is 438 g/mol. The van der Waals surface area contributed by atoms with Crippen LogP contribution in [0.25, 0.3) is 55.6 Å². The van der Waals surface area contributed by atoms with E-state index in [1.807, 2.05) is 37.1 Å². The highest BCUT2D eigenvalue weighted by Gasteiger charge is 2.16. The average molecular weight is 462 g/mol. The van der Waals surface area contributed by atoms with Gasteiger partial charge in [0.2, 0.25) is 0 Å². The van der Waals surface area contributed by atoms with Crippen LogP contribution in [0.5, 0.6) is 0 Å². The Morgan fingerprint density at radius 1 is 0.886 bits per heavy atom. The molecule has 1 saturated heterocycles. The summed E-state index contributed by atoms with van der Waals surface area (Å²) in [6.45, 7) is 3.27. The second-order valence-electron chi connectivity index (χ2n) is 9.10. The van der Waals surface area contributed by atoms with Crippen LogP contribution in [0.2, 0.25) is 0 Å². The Bertz CT molecular complexity index is 1640. The van der Waals surface area contributed by atoms with Crippen molar-refractivity contribution in [3.63, 3.8) is 0 Å². The minimum atomic E-state index is 0.678. The zero-order valence-electron chi connectivity index (χ0n) is 19.0. The SMILES string of the molecule is c1cc(-c2cncc3[nH]c(-c4[nH]nc5ncc(-c6cncc(CN7CCCC7)c6)cc45)cc23)co1. The molecule has 2 N–H and O–H groups in total. The molecule has 0 radical (unpaired) electrons. The molecule has 7 heterocycles. The number of hydrogen-bond acceptors (Lipinski definition) is 6. The maximum absolute atomic E-state index is 5.28. The Balaban J connectivity index is 1.28. The summed E-state index contributed by atoms with van der Waals surface area (Å²) in [6, 6.07) is 8.42. The van der Waals surface area contributed by atoms with Gasteiger partial charge in [-0.3, -0.25) is 20.0 Å². The number of hydrogen-bond donors (Lipinski definition) is 2. The second kappa shape index (κ2) is 8.18. The summed E-state index contributed by atoms with van der Waals surface area (Å²) < 4.78 is 5.28. The quantitative estimate of drug-likeness (QED) is 0.356. The van der Waals surface area contributed by atoms with E-state index in [1.54, 1.807) is 12.5 Å². The smallest absolute Gasteiger partial charge is 0.181 e. The van der Waals surface area contributed by atoms with Crippen molar-refractivity contribution in [3.8, 4) is 33.6 Å². The van der Waals surface area contributed by atoms with Gasteiger partial charge in [-0.25, -0.2) is 4.98 Å². The molecule has 172 valence electrons.